The molecule has 0 aliphatic heterocycles. The summed E-state index contributed by atoms with van der Waals surface area (Å²) < 4.78 is 12.2. The Balaban J connectivity index is 2.36. The summed E-state index contributed by atoms with van der Waals surface area (Å²) in [5.41, 5.74) is 2.02. The SMILES string of the molecule is FSc1c[nH]c(-c2ccccc2)c1. The fourth-order valence-electron chi connectivity index (χ4n) is 1.20. The largest absolute Gasteiger partial charge is 0.360 e. The van der Waals surface area contributed by atoms with Crippen LogP contribution in [0.2, 0.25) is 0 Å². The molecule has 0 unspecified atom stereocenters. The van der Waals surface area contributed by atoms with Crippen LogP contribution in [0.25, 0.3) is 11.3 Å². The number of benzene rings is 1. The minimum atomic E-state index is 0.253. The molecule has 0 aliphatic carbocycles. The molecule has 66 valence electrons. The van der Waals surface area contributed by atoms with Crippen LogP contribution < -0.4 is 0 Å². The fraction of sp³-hybridized carbons (Fsp3) is 0. The van der Waals surface area contributed by atoms with E-state index in [1.807, 2.05) is 30.3 Å². The van der Waals surface area contributed by atoms with Gasteiger partial charge >= 0.3 is 0 Å². The van der Waals surface area contributed by atoms with Crippen molar-refractivity contribution < 1.29 is 3.89 Å². The molecule has 0 fully saturated rings. The Morgan fingerprint density at radius 2 is 1.92 bits per heavy atom. The average molecular weight is 193 g/mol. The maximum absolute atomic E-state index is 12.2. The van der Waals surface area contributed by atoms with Crippen molar-refractivity contribution in [3.63, 3.8) is 0 Å². The second kappa shape index (κ2) is 3.66. The second-order valence-electron chi connectivity index (χ2n) is 2.69. The van der Waals surface area contributed by atoms with Gasteiger partial charge in [0.15, 0.2) is 0 Å². The molecule has 1 aromatic heterocycles. The normalized spacial score (nSPS) is 10.2. The first kappa shape index (κ1) is 8.38. The number of aromatic nitrogens is 1. The van der Waals surface area contributed by atoms with Gasteiger partial charge in [-0.05, 0) is 11.6 Å². The van der Waals surface area contributed by atoms with E-state index in [1.165, 1.54) is 0 Å². The molecule has 0 aliphatic rings. The quantitative estimate of drug-likeness (QED) is 0.769. The molecule has 0 spiro atoms. The Morgan fingerprint density at radius 1 is 1.15 bits per heavy atom. The summed E-state index contributed by atoms with van der Waals surface area (Å²) in [6, 6.07) is 11.6. The molecule has 1 aromatic carbocycles. The van der Waals surface area contributed by atoms with Crippen molar-refractivity contribution in [3.8, 4) is 11.3 Å². The lowest BCUT2D eigenvalue weighted by molar-refractivity contribution is 0.934. The van der Waals surface area contributed by atoms with Crippen LogP contribution in [0.5, 0.6) is 0 Å². The summed E-state index contributed by atoms with van der Waals surface area (Å²) in [6.45, 7) is 0. The molecule has 0 bridgehead atoms. The molecule has 3 heteroatoms. The molecule has 2 aromatic rings. The van der Waals surface area contributed by atoms with Gasteiger partial charge in [-0.1, -0.05) is 30.3 Å². The van der Waals surface area contributed by atoms with E-state index in [0.717, 1.165) is 11.3 Å². The summed E-state index contributed by atoms with van der Waals surface area (Å²) >= 11 is 0.253. The van der Waals surface area contributed by atoms with Gasteiger partial charge in [-0.25, -0.2) is 0 Å². The molecule has 1 heterocycles. The van der Waals surface area contributed by atoms with Crippen molar-refractivity contribution in [2.75, 3.05) is 0 Å². The summed E-state index contributed by atoms with van der Waals surface area (Å²) in [6.07, 6.45) is 1.66. The van der Waals surface area contributed by atoms with Crippen LogP contribution in [0.4, 0.5) is 3.89 Å². The van der Waals surface area contributed by atoms with Gasteiger partial charge in [-0.3, -0.25) is 0 Å². The van der Waals surface area contributed by atoms with Crippen molar-refractivity contribution in [1.82, 2.24) is 4.98 Å². The highest BCUT2D eigenvalue weighted by molar-refractivity contribution is 7.94. The molecular formula is C10H8FNS. The second-order valence-corrected chi connectivity index (χ2v) is 3.32. The van der Waals surface area contributed by atoms with Crippen LogP contribution >= 0.6 is 12.1 Å². The molecular weight excluding hydrogens is 185 g/mol. The van der Waals surface area contributed by atoms with Gasteiger partial charge in [0.2, 0.25) is 0 Å². The third-order valence-electron chi connectivity index (χ3n) is 1.83. The van der Waals surface area contributed by atoms with Crippen molar-refractivity contribution in [3.05, 3.63) is 42.6 Å². The monoisotopic (exact) mass is 193 g/mol. The smallest absolute Gasteiger partial charge is 0.0828 e. The predicted molar refractivity (Wildman–Crippen MR) is 53.2 cm³/mol. The zero-order valence-corrected chi connectivity index (χ0v) is 7.64. The molecule has 0 atom stereocenters. The maximum Gasteiger partial charge on any atom is 0.0828 e. The molecule has 0 amide bonds. The first-order valence-corrected chi connectivity index (χ1v) is 4.64. The van der Waals surface area contributed by atoms with Crippen molar-refractivity contribution in [2.24, 2.45) is 0 Å². The zero-order valence-electron chi connectivity index (χ0n) is 6.83. The Labute approximate surface area is 80.3 Å². The first-order valence-electron chi connectivity index (χ1n) is 3.92. The predicted octanol–water partition coefficient (Wildman–Crippen LogP) is 3.66. The molecule has 13 heavy (non-hydrogen) atoms. The van der Waals surface area contributed by atoms with Crippen LogP contribution in [0, 0.1) is 0 Å². The van der Waals surface area contributed by atoms with Crippen LogP contribution in [0.3, 0.4) is 0 Å². The van der Waals surface area contributed by atoms with Gasteiger partial charge in [-0.2, -0.15) is 3.89 Å². The van der Waals surface area contributed by atoms with E-state index in [9.17, 15) is 3.89 Å². The van der Waals surface area contributed by atoms with Crippen LogP contribution in [-0.4, -0.2) is 4.98 Å². The highest BCUT2D eigenvalue weighted by Gasteiger charge is 2.00. The lowest BCUT2D eigenvalue weighted by Crippen LogP contribution is -1.73. The number of aromatic amines is 1. The van der Waals surface area contributed by atoms with Crippen molar-refractivity contribution >= 4 is 12.1 Å². The third-order valence-corrected chi connectivity index (χ3v) is 2.24. The Kier molecular flexibility index (Phi) is 2.36. The Morgan fingerprint density at radius 3 is 2.54 bits per heavy atom. The molecule has 0 saturated carbocycles. The summed E-state index contributed by atoms with van der Waals surface area (Å²) in [4.78, 5) is 3.62. The average Bonchev–Trinajstić information content (AvgIpc) is 2.67. The minimum Gasteiger partial charge on any atom is -0.360 e. The number of hydrogen-bond acceptors (Lipinski definition) is 1. The highest BCUT2D eigenvalue weighted by atomic mass is 32.2. The van der Waals surface area contributed by atoms with Gasteiger partial charge < -0.3 is 4.98 Å². The van der Waals surface area contributed by atoms with E-state index >= 15 is 0 Å². The summed E-state index contributed by atoms with van der Waals surface area (Å²) in [7, 11) is 0. The number of nitrogens with one attached hydrogen (secondary N) is 1. The lowest BCUT2D eigenvalue weighted by atomic mass is 10.2. The van der Waals surface area contributed by atoms with Gasteiger partial charge in [0.25, 0.3) is 0 Å². The van der Waals surface area contributed by atoms with Gasteiger partial charge in [-0.15, -0.1) is 0 Å². The van der Waals surface area contributed by atoms with Gasteiger partial charge in [0.05, 0.1) is 17.0 Å². The Bertz CT molecular complexity index is 383. The molecule has 1 N–H and O–H groups in total. The first-order chi connectivity index (χ1) is 6.40. The van der Waals surface area contributed by atoms with Crippen molar-refractivity contribution in [1.29, 1.82) is 0 Å². The topological polar surface area (TPSA) is 15.8 Å². The van der Waals surface area contributed by atoms with Crippen LogP contribution in [0.15, 0.2) is 47.5 Å². The zero-order chi connectivity index (χ0) is 9.10. The highest BCUT2D eigenvalue weighted by Crippen LogP contribution is 2.25. The van der Waals surface area contributed by atoms with E-state index in [1.54, 1.807) is 12.3 Å². The van der Waals surface area contributed by atoms with E-state index in [4.69, 9.17) is 0 Å². The molecule has 0 saturated heterocycles. The van der Waals surface area contributed by atoms with Crippen LogP contribution in [-0.2, 0) is 0 Å². The van der Waals surface area contributed by atoms with Crippen molar-refractivity contribution in [2.45, 2.75) is 4.90 Å². The Hall–Kier alpha value is -1.22. The summed E-state index contributed by atoms with van der Waals surface area (Å²) in [5.74, 6) is 0. The third kappa shape index (κ3) is 1.75. The maximum atomic E-state index is 12.2. The standard InChI is InChI=1S/C10H8FNS/c11-13-9-6-10(12-7-9)8-4-2-1-3-5-8/h1-7,12H. The number of hydrogen-bond donors (Lipinski definition) is 1. The minimum absolute atomic E-state index is 0.253. The number of H-pyrrole nitrogens is 1. The number of halogens is 1. The molecule has 0 radical (unpaired) electrons. The van der Waals surface area contributed by atoms with Crippen LogP contribution in [0.1, 0.15) is 0 Å². The number of rotatable bonds is 2. The lowest BCUT2D eigenvalue weighted by Gasteiger charge is -1.94. The molecule has 1 nitrogen and oxygen atoms in total. The summed E-state index contributed by atoms with van der Waals surface area (Å²) in [5, 5.41) is 0. The van der Waals surface area contributed by atoms with E-state index in [2.05, 4.69) is 4.98 Å². The van der Waals surface area contributed by atoms with Gasteiger partial charge in [0, 0.05) is 11.9 Å². The van der Waals surface area contributed by atoms with E-state index < -0.39 is 0 Å². The van der Waals surface area contributed by atoms with E-state index in [-0.39, 0.29) is 12.1 Å². The van der Waals surface area contributed by atoms with E-state index in [0.29, 0.717) is 4.90 Å². The van der Waals surface area contributed by atoms with Gasteiger partial charge in [0.1, 0.15) is 0 Å². The fourth-order valence-corrected chi connectivity index (χ4v) is 1.47. The molecule has 2 rings (SSSR count).